The molecule has 7 heteroatoms. The first kappa shape index (κ1) is 19.9. The van der Waals surface area contributed by atoms with Gasteiger partial charge in [-0.1, -0.05) is 36.7 Å². The Morgan fingerprint density at radius 2 is 1.65 bits per heavy atom. The molecule has 0 fully saturated rings. The third kappa shape index (κ3) is 5.82. The molecule has 5 nitrogen and oxygen atoms in total. The fourth-order valence-corrected chi connectivity index (χ4v) is 2.53. The van der Waals surface area contributed by atoms with Crippen molar-refractivity contribution in [1.29, 1.82) is 0 Å². The summed E-state index contributed by atoms with van der Waals surface area (Å²) in [6.45, 7) is 4.21. The monoisotopic (exact) mass is 377 g/mol. The minimum atomic E-state index is -0.502. The molecule has 0 aromatic heterocycles. The highest BCUT2D eigenvalue weighted by atomic mass is 35.5. The van der Waals surface area contributed by atoms with Crippen LogP contribution in [0.4, 0.5) is 15.8 Å². The average Bonchev–Trinajstić information content (AvgIpc) is 2.59. The van der Waals surface area contributed by atoms with Crippen molar-refractivity contribution >= 4 is 34.8 Å². The van der Waals surface area contributed by atoms with E-state index >= 15 is 0 Å². The number of benzene rings is 2. The van der Waals surface area contributed by atoms with Crippen molar-refractivity contribution < 1.29 is 14.0 Å². The molecule has 138 valence electrons. The second-order valence-electron chi connectivity index (χ2n) is 5.84. The lowest BCUT2D eigenvalue weighted by atomic mass is 10.2. The van der Waals surface area contributed by atoms with E-state index in [9.17, 15) is 14.0 Å². The fraction of sp³-hybridized carbons (Fsp3) is 0.263. The maximum Gasteiger partial charge on any atom is 0.238 e. The minimum absolute atomic E-state index is 0.0210. The topological polar surface area (TPSA) is 61.4 Å². The standard InChI is InChI=1S/C19H21ClFN3O2/c1-3-24(11-18(25)22-16-7-5-4-6-15(16)21)12-19(26)23-17-10-14(20)9-8-13(17)2/h4-10H,3,11-12H2,1-2H3,(H,22,25)(H,23,26). The SMILES string of the molecule is CCN(CC(=O)Nc1cc(Cl)ccc1C)CC(=O)Nc1ccccc1F. The molecule has 2 N–H and O–H groups in total. The Hall–Kier alpha value is -2.44. The van der Waals surface area contributed by atoms with Crippen LogP contribution in [0.15, 0.2) is 42.5 Å². The fourth-order valence-electron chi connectivity index (χ4n) is 2.36. The second-order valence-corrected chi connectivity index (χ2v) is 6.28. The normalized spacial score (nSPS) is 10.7. The van der Waals surface area contributed by atoms with E-state index in [1.165, 1.54) is 12.1 Å². The predicted molar refractivity (Wildman–Crippen MR) is 102 cm³/mol. The molecule has 0 saturated heterocycles. The zero-order valence-electron chi connectivity index (χ0n) is 14.7. The van der Waals surface area contributed by atoms with Crippen LogP contribution in [0.2, 0.25) is 5.02 Å². The van der Waals surface area contributed by atoms with E-state index in [2.05, 4.69) is 10.6 Å². The van der Waals surface area contributed by atoms with Crippen molar-refractivity contribution in [2.24, 2.45) is 0 Å². The number of carbonyl (C=O) groups excluding carboxylic acids is 2. The van der Waals surface area contributed by atoms with Crippen molar-refractivity contribution in [2.45, 2.75) is 13.8 Å². The molecule has 0 saturated carbocycles. The number of para-hydroxylation sites is 1. The Morgan fingerprint density at radius 3 is 2.27 bits per heavy atom. The van der Waals surface area contributed by atoms with Crippen molar-refractivity contribution in [2.75, 3.05) is 30.3 Å². The van der Waals surface area contributed by atoms with Crippen LogP contribution in [-0.4, -0.2) is 36.3 Å². The average molecular weight is 378 g/mol. The van der Waals surface area contributed by atoms with E-state index in [1.807, 2.05) is 19.9 Å². The molecule has 26 heavy (non-hydrogen) atoms. The predicted octanol–water partition coefficient (Wildman–Crippen LogP) is 3.69. The number of aryl methyl sites for hydroxylation is 1. The molecule has 0 radical (unpaired) electrons. The first-order valence-corrected chi connectivity index (χ1v) is 8.59. The first-order valence-electron chi connectivity index (χ1n) is 8.21. The van der Waals surface area contributed by atoms with Crippen molar-refractivity contribution in [3.8, 4) is 0 Å². The summed E-state index contributed by atoms with van der Waals surface area (Å²) < 4.78 is 13.6. The lowest BCUT2D eigenvalue weighted by Gasteiger charge is -2.20. The molecule has 0 heterocycles. The summed E-state index contributed by atoms with van der Waals surface area (Å²) in [4.78, 5) is 26.0. The summed E-state index contributed by atoms with van der Waals surface area (Å²) in [5.74, 6) is -1.14. The lowest BCUT2D eigenvalue weighted by molar-refractivity contribution is -0.119. The van der Waals surface area contributed by atoms with Crippen molar-refractivity contribution in [1.82, 2.24) is 4.90 Å². The molecule has 2 rings (SSSR count). The van der Waals surface area contributed by atoms with E-state index in [1.54, 1.807) is 29.2 Å². The number of likely N-dealkylation sites (N-methyl/N-ethyl adjacent to an activating group) is 1. The Labute approximate surface area is 157 Å². The largest absolute Gasteiger partial charge is 0.325 e. The molecule has 0 bridgehead atoms. The highest BCUT2D eigenvalue weighted by Gasteiger charge is 2.15. The van der Waals surface area contributed by atoms with Gasteiger partial charge in [0.25, 0.3) is 0 Å². The van der Waals surface area contributed by atoms with Gasteiger partial charge in [-0.15, -0.1) is 0 Å². The Kier molecular flexibility index (Phi) is 7.12. The smallest absolute Gasteiger partial charge is 0.238 e. The quantitative estimate of drug-likeness (QED) is 0.773. The zero-order chi connectivity index (χ0) is 19.1. The lowest BCUT2D eigenvalue weighted by Crippen LogP contribution is -2.38. The van der Waals surface area contributed by atoms with Crippen LogP contribution in [0.25, 0.3) is 0 Å². The maximum absolute atomic E-state index is 13.6. The van der Waals surface area contributed by atoms with Gasteiger partial charge in [-0.25, -0.2) is 4.39 Å². The van der Waals surface area contributed by atoms with Crippen LogP contribution in [0.1, 0.15) is 12.5 Å². The molecular formula is C19H21ClFN3O2. The summed E-state index contributed by atoms with van der Waals surface area (Å²) in [6.07, 6.45) is 0. The number of rotatable bonds is 7. The summed E-state index contributed by atoms with van der Waals surface area (Å²) in [5, 5.41) is 5.83. The van der Waals surface area contributed by atoms with Crippen LogP contribution >= 0.6 is 11.6 Å². The third-order valence-electron chi connectivity index (χ3n) is 3.80. The molecule has 2 aromatic rings. The Bertz CT molecular complexity index is 798. The van der Waals surface area contributed by atoms with E-state index in [4.69, 9.17) is 11.6 Å². The maximum atomic E-state index is 13.6. The highest BCUT2D eigenvalue weighted by Crippen LogP contribution is 2.20. The van der Waals surface area contributed by atoms with Crippen LogP contribution in [0.5, 0.6) is 0 Å². The summed E-state index contributed by atoms with van der Waals surface area (Å²) >= 11 is 5.95. The number of anilines is 2. The first-order chi connectivity index (χ1) is 12.4. The van der Waals surface area contributed by atoms with E-state index in [-0.39, 0.29) is 30.6 Å². The summed E-state index contributed by atoms with van der Waals surface area (Å²) in [7, 11) is 0. The summed E-state index contributed by atoms with van der Waals surface area (Å²) in [5.41, 5.74) is 1.64. The van der Waals surface area contributed by atoms with Crippen LogP contribution in [0, 0.1) is 12.7 Å². The number of carbonyl (C=O) groups is 2. The molecule has 2 aromatic carbocycles. The molecule has 0 spiro atoms. The highest BCUT2D eigenvalue weighted by molar-refractivity contribution is 6.31. The van der Waals surface area contributed by atoms with Gasteiger partial charge in [0.15, 0.2) is 0 Å². The Morgan fingerprint density at radius 1 is 1.04 bits per heavy atom. The van der Waals surface area contributed by atoms with E-state index < -0.39 is 5.82 Å². The number of hydrogen-bond donors (Lipinski definition) is 2. The molecule has 0 aliphatic heterocycles. The van der Waals surface area contributed by atoms with Gasteiger partial charge in [-0.2, -0.15) is 0 Å². The molecule has 0 atom stereocenters. The van der Waals surface area contributed by atoms with Gasteiger partial charge in [-0.3, -0.25) is 14.5 Å². The van der Waals surface area contributed by atoms with Crippen LogP contribution in [0.3, 0.4) is 0 Å². The van der Waals surface area contributed by atoms with Crippen LogP contribution in [-0.2, 0) is 9.59 Å². The van der Waals surface area contributed by atoms with E-state index in [0.29, 0.717) is 17.3 Å². The van der Waals surface area contributed by atoms with Crippen molar-refractivity contribution in [3.63, 3.8) is 0 Å². The van der Waals surface area contributed by atoms with Gasteiger partial charge in [0.2, 0.25) is 11.8 Å². The molecule has 2 amide bonds. The minimum Gasteiger partial charge on any atom is -0.325 e. The second kappa shape index (κ2) is 9.31. The van der Waals surface area contributed by atoms with Gasteiger partial charge in [0, 0.05) is 10.7 Å². The number of nitrogens with zero attached hydrogens (tertiary/aromatic N) is 1. The van der Waals surface area contributed by atoms with E-state index in [0.717, 1.165) is 5.56 Å². The summed E-state index contributed by atoms with van der Waals surface area (Å²) in [6, 6.07) is 11.2. The third-order valence-corrected chi connectivity index (χ3v) is 4.04. The van der Waals surface area contributed by atoms with Crippen LogP contribution < -0.4 is 10.6 Å². The number of hydrogen-bond acceptors (Lipinski definition) is 3. The van der Waals surface area contributed by atoms with Gasteiger partial charge < -0.3 is 10.6 Å². The molecule has 0 aliphatic rings. The molecule has 0 unspecified atom stereocenters. The Balaban J connectivity index is 1.91. The van der Waals surface area contributed by atoms with Gasteiger partial charge >= 0.3 is 0 Å². The number of amides is 2. The van der Waals surface area contributed by atoms with Gasteiger partial charge in [0.1, 0.15) is 5.82 Å². The zero-order valence-corrected chi connectivity index (χ0v) is 15.4. The van der Waals surface area contributed by atoms with Crippen molar-refractivity contribution in [3.05, 3.63) is 58.9 Å². The molecular weight excluding hydrogens is 357 g/mol. The molecule has 0 aliphatic carbocycles. The van der Waals surface area contributed by atoms with Gasteiger partial charge in [-0.05, 0) is 43.3 Å². The van der Waals surface area contributed by atoms with Gasteiger partial charge in [0.05, 0.1) is 18.8 Å². The number of halogens is 2. The number of nitrogens with one attached hydrogen (secondary N) is 2.